The summed E-state index contributed by atoms with van der Waals surface area (Å²) in [5.74, 6) is 8.65. The Labute approximate surface area is 182 Å². The Morgan fingerprint density at radius 1 is 0.379 bits per heavy atom. The van der Waals surface area contributed by atoms with Crippen molar-refractivity contribution >= 4 is 0 Å². The van der Waals surface area contributed by atoms with Crippen molar-refractivity contribution < 1.29 is 5.48 Å². The number of hydrogen-bond acceptors (Lipinski definition) is 0. The molecule has 0 saturated heterocycles. The van der Waals surface area contributed by atoms with Gasteiger partial charge in [0.25, 0.3) is 0 Å². The van der Waals surface area contributed by atoms with Crippen LogP contribution in [0.25, 0.3) is 0 Å². The van der Waals surface area contributed by atoms with Gasteiger partial charge in [0.2, 0.25) is 0 Å². The van der Waals surface area contributed by atoms with E-state index in [1.807, 2.05) is 0 Å². The molecule has 4 saturated carbocycles. The summed E-state index contributed by atoms with van der Waals surface area (Å²) in [5.41, 5.74) is 0. The minimum absolute atomic E-state index is 0. The third kappa shape index (κ3) is 6.72. The summed E-state index contributed by atoms with van der Waals surface area (Å²) in [6.07, 6.45) is 28.1. The first-order chi connectivity index (χ1) is 13.7. The molecule has 0 aromatic carbocycles. The van der Waals surface area contributed by atoms with Gasteiger partial charge in [0.1, 0.15) is 0 Å². The molecule has 1 heteroatoms. The van der Waals surface area contributed by atoms with E-state index in [4.69, 9.17) is 0 Å². The zero-order chi connectivity index (χ0) is 19.3. The Bertz CT molecular complexity index is 385. The van der Waals surface area contributed by atoms with Crippen LogP contribution in [-0.4, -0.2) is 5.48 Å². The van der Waals surface area contributed by atoms with Gasteiger partial charge in [-0.1, -0.05) is 78.1 Å². The molecule has 0 heterocycles. The second kappa shape index (κ2) is 11.5. The summed E-state index contributed by atoms with van der Waals surface area (Å²) in [4.78, 5) is 0. The maximum Gasteiger partial charge on any atom is -0.0386 e. The van der Waals surface area contributed by atoms with Crippen molar-refractivity contribution in [2.75, 3.05) is 0 Å². The van der Waals surface area contributed by atoms with Crippen molar-refractivity contribution in [3.8, 4) is 0 Å². The summed E-state index contributed by atoms with van der Waals surface area (Å²) < 4.78 is 0. The van der Waals surface area contributed by atoms with Crippen LogP contribution < -0.4 is 0 Å². The molecule has 4 aliphatic rings. The van der Waals surface area contributed by atoms with Gasteiger partial charge in [0.15, 0.2) is 0 Å². The van der Waals surface area contributed by atoms with Crippen molar-refractivity contribution in [3.63, 3.8) is 0 Å². The van der Waals surface area contributed by atoms with Crippen LogP contribution in [0.5, 0.6) is 0 Å². The van der Waals surface area contributed by atoms with Crippen LogP contribution in [0, 0.1) is 47.3 Å². The van der Waals surface area contributed by atoms with Crippen LogP contribution in [0.1, 0.15) is 129 Å². The molecule has 4 fully saturated rings. The maximum absolute atomic E-state index is 2.47. The van der Waals surface area contributed by atoms with Gasteiger partial charge >= 0.3 is 0 Å². The molecular weight excluding hydrogens is 352 g/mol. The fourth-order valence-corrected chi connectivity index (χ4v) is 7.88. The average Bonchev–Trinajstić information content (AvgIpc) is 2.74. The Hall–Kier alpha value is -0.0400. The first-order valence-corrected chi connectivity index (χ1v) is 13.7. The lowest BCUT2D eigenvalue weighted by molar-refractivity contribution is 0.131. The molecule has 4 aliphatic carbocycles. The lowest BCUT2D eigenvalue weighted by Crippen LogP contribution is -2.26. The van der Waals surface area contributed by atoms with Crippen LogP contribution in [0.3, 0.4) is 0 Å². The topological polar surface area (TPSA) is 31.5 Å². The summed E-state index contributed by atoms with van der Waals surface area (Å²) in [5, 5.41) is 0. The Morgan fingerprint density at radius 3 is 0.897 bits per heavy atom. The molecule has 4 rings (SSSR count). The van der Waals surface area contributed by atoms with E-state index < -0.39 is 0 Å². The Balaban J connectivity index is 0.00000240. The number of hydrogen-bond donors (Lipinski definition) is 0. The first kappa shape index (κ1) is 23.6. The third-order valence-electron chi connectivity index (χ3n) is 10.2. The Kier molecular flexibility index (Phi) is 9.40. The second-order valence-corrected chi connectivity index (χ2v) is 12.2. The summed E-state index contributed by atoms with van der Waals surface area (Å²) in [6.45, 7) is 4.94. The standard InChI is InChI=1S/C28H50.H2O/c1-21-3-13-25(14-4-21)27-17-9-23(10-18-27)7-8-24-11-19-28(20-12-24)26-15-5-22(2)6-16-26;/h21-28H,3-20H2,1-2H3;1H2. The molecule has 0 aliphatic heterocycles. The summed E-state index contributed by atoms with van der Waals surface area (Å²) in [6, 6.07) is 0. The lowest BCUT2D eigenvalue weighted by atomic mass is 9.67. The van der Waals surface area contributed by atoms with E-state index in [9.17, 15) is 0 Å². The smallest absolute Gasteiger partial charge is 0.0386 e. The molecule has 0 atom stereocenters. The minimum atomic E-state index is 0. The van der Waals surface area contributed by atoms with Gasteiger partial charge in [-0.15, -0.1) is 0 Å². The predicted octanol–water partition coefficient (Wildman–Crippen LogP) is 8.21. The SMILES string of the molecule is CC1CCC(C2CCC(CCC3CCC(C4CCC(C)CC4)CC3)CC2)CC1.O. The van der Waals surface area contributed by atoms with E-state index in [-0.39, 0.29) is 5.48 Å². The highest BCUT2D eigenvalue weighted by Gasteiger charge is 2.32. The van der Waals surface area contributed by atoms with Crippen LogP contribution in [0.2, 0.25) is 0 Å². The second-order valence-electron chi connectivity index (χ2n) is 12.2. The van der Waals surface area contributed by atoms with Gasteiger partial charge in [-0.3, -0.25) is 0 Å². The molecule has 0 bridgehead atoms. The quantitative estimate of drug-likeness (QED) is 0.442. The molecule has 2 N–H and O–H groups in total. The summed E-state index contributed by atoms with van der Waals surface area (Å²) >= 11 is 0. The van der Waals surface area contributed by atoms with Gasteiger partial charge in [0.05, 0.1) is 0 Å². The van der Waals surface area contributed by atoms with E-state index >= 15 is 0 Å². The van der Waals surface area contributed by atoms with Crippen molar-refractivity contribution in [3.05, 3.63) is 0 Å². The molecular formula is C28H52O. The van der Waals surface area contributed by atoms with Crippen molar-refractivity contribution in [1.82, 2.24) is 0 Å². The molecule has 1 nitrogen and oxygen atoms in total. The van der Waals surface area contributed by atoms with Crippen molar-refractivity contribution in [2.45, 2.75) is 129 Å². The molecule has 0 spiro atoms. The van der Waals surface area contributed by atoms with Crippen LogP contribution >= 0.6 is 0 Å². The normalized spacial score (nSPS) is 44.1. The fourth-order valence-electron chi connectivity index (χ4n) is 7.88. The largest absolute Gasteiger partial charge is 0.412 e. The van der Waals surface area contributed by atoms with E-state index in [1.165, 1.54) is 25.7 Å². The van der Waals surface area contributed by atoms with Crippen molar-refractivity contribution in [1.29, 1.82) is 0 Å². The molecule has 0 aromatic heterocycles. The van der Waals surface area contributed by atoms with E-state index in [1.54, 1.807) is 89.9 Å². The first-order valence-electron chi connectivity index (χ1n) is 13.7. The van der Waals surface area contributed by atoms with Crippen LogP contribution in [0.4, 0.5) is 0 Å². The molecule has 0 amide bonds. The monoisotopic (exact) mass is 404 g/mol. The van der Waals surface area contributed by atoms with Gasteiger partial charge in [-0.25, -0.2) is 0 Å². The van der Waals surface area contributed by atoms with Crippen LogP contribution in [-0.2, 0) is 0 Å². The van der Waals surface area contributed by atoms with E-state index in [2.05, 4.69) is 13.8 Å². The third-order valence-corrected chi connectivity index (χ3v) is 10.2. The van der Waals surface area contributed by atoms with Gasteiger partial charge < -0.3 is 5.48 Å². The molecule has 29 heavy (non-hydrogen) atoms. The van der Waals surface area contributed by atoms with Gasteiger partial charge in [0, 0.05) is 0 Å². The van der Waals surface area contributed by atoms with Crippen molar-refractivity contribution in [2.24, 2.45) is 47.3 Å². The van der Waals surface area contributed by atoms with E-state index in [0.717, 1.165) is 47.3 Å². The molecule has 0 unspecified atom stereocenters. The van der Waals surface area contributed by atoms with E-state index in [0.29, 0.717) is 0 Å². The highest BCUT2D eigenvalue weighted by Crippen LogP contribution is 2.45. The van der Waals surface area contributed by atoms with Gasteiger partial charge in [-0.2, -0.15) is 0 Å². The van der Waals surface area contributed by atoms with Crippen LogP contribution in [0.15, 0.2) is 0 Å². The highest BCUT2D eigenvalue weighted by molar-refractivity contribution is 4.84. The fraction of sp³-hybridized carbons (Fsp3) is 1.00. The Morgan fingerprint density at radius 2 is 0.621 bits per heavy atom. The highest BCUT2D eigenvalue weighted by atomic mass is 16.0. The predicted molar refractivity (Wildman–Crippen MR) is 126 cm³/mol. The maximum atomic E-state index is 2.47. The van der Waals surface area contributed by atoms with Gasteiger partial charge in [-0.05, 0) is 98.7 Å². The average molecular weight is 405 g/mol. The lowest BCUT2D eigenvalue weighted by Gasteiger charge is -2.39. The zero-order valence-electron chi connectivity index (χ0n) is 19.8. The minimum Gasteiger partial charge on any atom is -0.412 e. The zero-order valence-corrected chi connectivity index (χ0v) is 19.8. The number of rotatable bonds is 5. The molecule has 170 valence electrons. The summed E-state index contributed by atoms with van der Waals surface area (Å²) in [7, 11) is 0. The molecule has 0 radical (unpaired) electrons. The molecule has 0 aromatic rings.